The van der Waals surface area contributed by atoms with E-state index in [0.29, 0.717) is 13.0 Å². The third kappa shape index (κ3) is 5.80. The number of ether oxygens (including phenoxy) is 1. The SMILES string of the molecule is O=C(O)NC(=O)OC(=O)CCCNc1nccs1. The van der Waals surface area contributed by atoms with E-state index in [1.54, 1.807) is 6.20 Å². The molecule has 0 atom stereocenters. The Labute approximate surface area is 106 Å². The summed E-state index contributed by atoms with van der Waals surface area (Å²) in [4.78, 5) is 35.8. The van der Waals surface area contributed by atoms with Crippen molar-refractivity contribution in [2.75, 3.05) is 11.9 Å². The first kappa shape index (κ1) is 13.9. The Hall–Kier alpha value is -2.16. The quantitative estimate of drug-likeness (QED) is 0.420. The van der Waals surface area contributed by atoms with Crippen molar-refractivity contribution in [1.82, 2.24) is 10.3 Å². The third-order valence-corrected chi connectivity index (χ3v) is 2.41. The van der Waals surface area contributed by atoms with Crippen molar-refractivity contribution in [3.8, 4) is 0 Å². The van der Waals surface area contributed by atoms with Gasteiger partial charge in [-0.05, 0) is 6.42 Å². The molecular formula is C9H11N3O5S. The monoisotopic (exact) mass is 273 g/mol. The Balaban J connectivity index is 2.10. The van der Waals surface area contributed by atoms with Crippen LogP contribution in [0.3, 0.4) is 0 Å². The fraction of sp³-hybridized carbons (Fsp3) is 0.333. The number of carboxylic acid groups (broad SMARTS) is 1. The van der Waals surface area contributed by atoms with Gasteiger partial charge in [0.15, 0.2) is 5.13 Å². The molecule has 0 radical (unpaired) electrons. The summed E-state index contributed by atoms with van der Waals surface area (Å²) in [5, 5.41) is 15.1. The van der Waals surface area contributed by atoms with E-state index in [4.69, 9.17) is 5.11 Å². The number of carbonyl (C=O) groups is 3. The molecular weight excluding hydrogens is 262 g/mol. The van der Waals surface area contributed by atoms with E-state index in [9.17, 15) is 14.4 Å². The maximum Gasteiger partial charge on any atom is 0.424 e. The molecule has 1 aromatic heterocycles. The minimum absolute atomic E-state index is 0.00537. The molecule has 0 aliphatic heterocycles. The van der Waals surface area contributed by atoms with Gasteiger partial charge in [0.05, 0.1) is 0 Å². The van der Waals surface area contributed by atoms with Crippen LogP contribution < -0.4 is 10.6 Å². The second kappa shape index (κ2) is 7.22. The van der Waals surface area contributed by atoms with Crippen molar-refractivity contribution in [3.05, 3.63) is 11.6 Å². The third-order valence-electron chi connectivity index (χ3n) is 1.68. The summed E-state index contributed by atoms with van der Waals surface area (Å²) in [6.07, 6.45) is -0.764. The van der Waals surface area contributed by atoms with Gasteiger partial charge >= 0.3 is 18.2 Å². The second-order valence-corrected chi connectivity index (χ2v) is 3.95. The number of anilines is 1. The maximum atomic E-state index is 11.1. The van der Waals surface area contributed by atoms with Gasteiger partial charge < -0.3 is 15.2 Å². The van der Waals surface area contributed by atoms with Gasteiger partial charge in [-0.15, -0.1) is 11.3 Å². The Morgan fingerprint density at radius 3 is 2.83 bits per heavy atom. The molecule has 1 aromatic rings. The molecule has 9 heteroatoms. The smallest absolute Gasteiger partial charge is 0.424 e. The number of imide groups is 1. The van der Waals surface area contributed by atoms with Crippen LogP contribution in [0, 0.1) is 0 Å². The van der Waals surface area contributed by atoms with Crippen LogP contribution in [0.25, 0.3) is 0 Å². The first-order valence-corrected chi connectivity index (χ1v) is 5.84. The van der Waals surface area contributed by atoms with Crippen LogP contribution in [0.1, 0.15) is 12.8 Å². The lowest BCUT2D eigenvalue weighted by molar-refractivity contribution is -0.137. The molecule has 18 heavy (non-hydrogen) atoms. The summed E-state index contributed by atoms with van der Waals surface area (Å²) in [6, 6.07) is 0. The normalized spacial score (nSPS) is 9.56. The number of aromatic nitrogens is 1. The van der Waals surface area contributed by atoms with Gasteiger partial charge in [-0.25, -0.2) is 19.9 Å². The number of esters is 1. The van der Waals surface area contributed by atoms with Crippen LogP contribution in [0.4, 0.5) is 14.7 Å². The molecule has 1 heterocycles. The predicted octanol–water partition coefficient (Wildman–Crippen LogP) is 1.27. The maximum absolute atomic E-state index is 11.1. The largest absolute Gasteiger partial charge is 0.465 e. The lowest BCUT2D eigenvalue weighted by Crippen LogP contribution is -2.31. The van der Waals surface area contributed by atoms with Gasteiger partial charge in [-0.2, -0.15) is 0 Å². The molecule has 0 saturated carbocycles. The lowest BCUT2D eigenvalue weighted by Gasteiger charge is -2.03. The van der Waals surface area contributed by atoms with Crippen molar-refractivity contribution in [3.63, 3.8) is 0 Å². The van der Waals surface area contributed by atoms with E-state index in [1.165, 1.54) is 16.7 Å². The van der Waals surface area contributed by atoms with E-state index in [-0.39, 0.29) is 6.42 Å². The van der Waals surface area contributed by atoms with Gasteiger partial charge in [0.2, 0.25) is 0 Å². The highest BCUT2D eigenvalue weighted by molar-refractivity contribution is 7.13. The zero-order valence-corrected chi connectivity index (χ0v) is 10.0. The van der Waals surface area contributed by atoms with Crippen LogP contribution >= 0.6 is 11.3 Å². The second-order valence-electron chi connectivity index (χ2n) is 3.06. The van der Waals surface area contributed by atoms with Gasteiger partial charge in [-0.3, -0.25) is 4.79 Å². The summed E-state index contributed by atoms with van der Waals surface area (Å²) in [5.74, 6) is -0.783. The van der Waals surface area contributed by atoms with Crippen LogP contribution in [0.2, 0.25) is 0 Å². The fourth-order valence-corrected chi connectivity index (χ4v) is 1.56. The minimum atomic E-state index is -1.57. The van der Waals surface area contributed by atoms with Gasteiger partial charge in [-0.1, -0.05) is 0 Å². The van der Waals surface area contributed by atoms with Crippen molar-refractivity contribution < 1.29 is 24.2 Å². The average Bonchev–Trinajstić information content (AvgIpc) is 2.75. The van der Waals surface area contributed by atoms with Gasteiger partial charge in [0.25, 0.3) is 0 Å². The molecule has 0 unspecified atom stereocenters. The lowest BCUT2D eigenvalue weighted by atomic mass is 10.3. The summed E-state index contributed by atoms with van der Waals surface area (Å²) >= 11 is 1.43. The first-order chi connectivity index (χ1) is 8.58. The molecule has 98 valence electrons. The van der Waals surface area contributed by atoms with E-state index in [0.717, 1.165) is 5.13 Å². The minimum Gasteiger partial charge on any atom is -0.465 e. The molecule has 8 nitrogen and oxygen atoms in total. The van der Waals surface area contributed by atoms with E-state index in [2.05, 4.69) is 15.0 Å². The van der Waals surface area contributed by atoms with Crippen molar-refractivity contribution in [2.24, 2.45) is 0 Å². The highest BCUT2D eigenvalue weighted by Gasteiger charge is 2.12. The Morgan fingerprint density at radius 1 is 1.44 bits per heavy atom. The predicted molar refractivity (Wildman–Crippen MR) is 62.5 cm³/mol. The number of amides is 2. The molecule has 0 saturated heterocycles. The first-order valence-electron chi connectivity index (χ1n) is 4.96. The zero-order valence-electron chi connectivity index (χ0n) is 9.21. The molecule has 0 aromatic carbocycles. The summed E-state index contributed by atoms with van der Waals surface area (Å²) in [6.45, 7) is 0.503. The van der Waals surface area contributed by atoms with Gasteiger partial charge in [0, 0.05) is 24.5 Å². The number of nitrogens with one attached hydrogen (secondary N) is 2. The molecule has 0 bridgehead atoms. The molecule has 3 N–H and O–H groups in total. The van der Waals surface area contributed by atoms with Crippen molar-refractivity contribution in [1.29, 1.82) is 0 Å². The number of carbonyl (C=O) groups excluding carboxylic acids is 2. The average molecular weight is 273 g/mol. The fourth-order valence-electron chi connectivity index (χ4n) is 1.01. The Kier molecular flexibility index (Phi) is 5.58. The number of hydrogen-bond acceptors (Lipinski definition) is 7. The van der Waals surface area contributed by atoms with Crippen LogP contribution in [0.15, 0.2) is 11.6 Å². The van der Waals surface area contributed by atoms with Crippen LogP contribution in [-0.2, 0) is 9.53 Å². The van der Waals surface area contributed by atoms with E-state index < -0.39 is 18.2 Å². The zero-order chi connectivity index (χ0) is 13.4. The number of nitrogens with zero attached hydrogens (tertiary/aromatic N) is 1. The number of thiazole rings is 1. The topological polar surface area (TPSA) is 118 Å². The van der Waals surface area contributed by atoms with Crippen LogP contribution in [-0.4, -0.2) is 34.8 Å². The Morgan fingerprint density at radius 2 is 2.22 bits per heavy atom. The Bertz CT molecular complexity index is 420. The summed E-state index contributed by atoms with van der Waals surface area (Å²) in [7, 11) is 0. The highest BCUT2D eigenvalue weighted by Crippen LogP contribution is 2.10. The molecule has 0 fully saturated rings. The molecule has 0 aliphatic rings. The molecule has 0 spiro atoms. The van der Waals surface area contributed by atoms with Gasteiger partial charge in [0.1, 0.15) is 0 Å². The molecule has 0 aliphatic carbocycles. The number of hydrogen-bond donors (Lipinski definition) is 3. The van der Waals surface area contributed by atoms with E-state index in [1.807, 2.05) is 5.38 Å². The van der Waals surface area contributed by atoms with Crippen molar-refractivity contribution >= 4 is 34.6 Å². The number of alkyl carbamates (subject to hydrolysis) is 1. The molecule has 2 amide bonds. The molecule has 1 rings (SSSR count). The standard InChI is InChI=1S/C9H11N3O5S/c13-6(17-9(16)12-8(14)15)2-1-3-10-7-11-4-5-18-7/h4-5H,1-3H2,(H,10,11)(H,12,16)(H,14,15). The summed E-state index contributed by atoms with van der Waals surface area (Å²) < 4.78 is 4.19. The van der Waals surface area contributed by atoms with Crippen molar-refractivity contribution in [2.45, 2.75) is 12.8 Å². The van der Waals surface area contributed by atoms with E-state index >= 15 is 0 Å². The summed E-state index contributed by atoms with van der Waals surface area (Å²) in [5.41, 5.74) is 0. The highest BCUT2D eigenvalue weighted by atomic mass is 32.1. The number of rotatable bonds is 5. The van der Waals surface area contributed by atoms with Crippen LogP contribution in [0.5, 0.6) is 0 Å².